The number of carbonyl (C=O) groups is 1. The van der Waals surface area contributed by atoms with Gasteiger partial charge in [-0.25, -0.2) is 4.39 Å². The SMILES string of the molecule is CCCC1(CNC(=O)c2c(F)ccc([N+](=O)[O-])c2F)CC1. The Hall–Kier alpha value is -2.05. The van der Waals surface area contributed by atoms with E-state index < -0.39 is 33.7 Å². The molecule has 0 aromatic heterocycles. The van der Waals surface area contributed by atoms with E-state index in [-0.39, 0.29) is 5.41 Å². The lowest BCUT2D eigenvalue weighted by Gasteiger charge is -2.15. The van der Waals surface area contributed by atoms with E-state index in [0.717, 1.165) is 31.7 Å². The third kappa shape index (κ3) is 3.17. The molecular weight excluding hydrogens is 282 g/mol. The van der Waals surface area contributed by atoms with Crippen LogP contribution in [0.4, 0.5) is 14.5 Å². The minimum Gasteiger partial charge on any atom is -0.351 e. The van der Waals surface area contributed by atoms with Crippen LogP contribution in [0, 0.1) is 27.2 Å². The second-order valence-corrected chi connectivity index (χ2v) is 5.45. The third-order valence-electron chi connectivity index (χ3n) is 3.86. The van der Waals surface area contributed by atoms with E-state index in [1.807, 2.05) is 6.92 Å². The molecule has 0 radical (unpaired) electrons. The highest BCUT2D eigenvalue weighted by Crippen LogP contribution is 2.48. The van der Waals surface area contributed by atoms with E-state index >= 15 is 0 Å². The highest BCUT2D eigenvalue weighted by Gasteiger charge is 2.41. The van der Waals surface area contributed by atoms with Crippen LogP contribution in [0.15, 0.2) is 12.1 Å². The molecule has 0 atom stereocenters. The van der Waals surface area contributed by atoms with Gasteiger partial charge in [-0.2, -0.15) is 4.39 Å². The molecule has 1 saturated carbocycles. The molecule has 1 aliphatic rings. The fourth-order valence-electron chi connectivity index (χ4n) is 2.47. The Morgan fingerprint density at radius 2 is 2.10 bits per heavy atom. The van der Waals surface area contributed by atoms with Crippen LogP contribution in [-0.4, -0.2) is 17.4 Å². The monoisotopic (exact) mass is 298 g/mol. The van der Waals surface area contributed by atoms with Crippen molar-refractivity contribution in [1.29, 1.82) is 0 Å². The molecule has 0 saturated heterocycles. The topological polar surface area (TPSA) is 72.2 Å². The van der Waals surface area contributed by atoms with Crippen LogP contribution in [0.5, 0.6) is 0 Å². The molecule has 0 unspecified atom stereocenters. The van der Waals surface area contributed by atoms with E-state index in [0.29, 0.717) is 12.6 Å². The zero-order chi connectivity index (χ0) is 15.6. The van der Waals surface area contributed by atoms with Gasteiger partial charge in [0.05, 0.1) is 4.92 Å². The van der Waals surface area contributed by atoms with Gasteiger partial charge in [0.15, 0.2) is 0 Å². The molecule has 0 bridgehead atoms. The number of halogens is 2. The first-order valence-corrected chi connectivity index (χ1v) is 6.81. The molecule has 21 heavy (non-hydrogen) atoms. The molecule has 114 valence electrons. The Balaban J connectivity index is 2.16. The summed E-state index contributed by atoms with van der Waals surface area (Å²) in [5.74, 6) is -3.48. The summed E-state index contributed by atoms with van der Waals surface area (Å²) >= 11 is 0. The quantitative estimate of drug-likeness (QED) is 0.647. The Morgan fingerprint density at radius 3 is 2.62 bits per heavy atom. The average Bonchev–Trinajstić information content (AvgIpc) is 3.17. The minimum atomic E-state index is -1.43. The van der Waals surface area contributed by atoms with Crippen LogP contribution in [0.1, 0.15) is 43.0 Å². The van der Waals surface area contributed by atoms with Gasteiger partial charge in [0.2, 0.25) is 5.82 Å². The first-order chi connectivity index (χ1) is 9.90. The Morgan fingerprint density at radius 1 is 1.43 bits per heavy atom. The van der Waals surface area contributed by atoms with Crippen molar-refractivity contribution in [3.05, 3.63) is 39.4 Å². The van der Waals surface area contributed by atoms with Crippen molar-refractivity contribution in [2.75, 3.05) is 6.54 Å². The number of rotatable bonds is 6. The van der Waals surface area contributed by atoms with Gasteiger partial charge in [-0.15, -0.1) is 0 Å². The van der Waals surface area contributed by atoms with Crippen molar-refractivity contribution in [3.63, 3.8) is 0 Å². The number of nitro groups is 1. The Labute approximate surface area is 120 Å². The van der Waals surface area contributed by atoms with E-state index in [1.54, 1.807) is 0 Å². The van der Waals surface area contributed by atoms with Gasteiger partial charge >= 0.3 is 5.69 Å². The van der Waals surface area contributed by atoms with E-state index in [1.165, 1.54) is 0 Å². The van der Waals surface area contributed by atoms with Crippen LogP contribution in [0.2, 0.25) is 0 Å². The fourth-order valence-corrected chi connectivity index (χ4v) is 2.47. The zero-order valence-electron chi connectivity index (χ0n) is 11.6. The summed E-state index contributed by atoms with van der Waals surface area (Å²) < 4.78 is 27.5. The number of nitrogens with zero attached hydrogens (tertiary/aromatic N) is 1. The van der Waals surface area contributed by atoms with E-state index in [9.17, 15) is 23.7 Å². The predicted molar refractivity (Wildman–Crippen MR) is 71.9 cm³/mol. The van der Waals surface area contributed by atoms with Crippen LogP contribution >= 0.6 is 0 Å². The van der Waals surface area contributed by atoms with Crippen molar-refractivity contribution in [3.8, 4) is 0 Å². The van der Waals surface area contributed by atoms with Crippen molar-refractivity contribution in [2.24, 2.45) is 5.41 Å². The summed E-state index contributed by atoms with van der Waals surface area (Å²) in [6.45, 7) is 2.36. The van der Waals surface area contributed by atoms with Crippen molar-refractivity contribution < 1.29 is 18.5 Å². The molecule has 7 heteroatoms. The predicted octanol–water partition coefficient (Wildman–Crippen LogP) is 3.18. The normalized spacial score (nSPS) is 15.6. The fraction of sp³-hybridized carbons (Fsp3) is 0.500. The number of carbonyl (C=O) groups excluding carboxylic acids is 1. The summed E-state index contributed by atoms with van der Waals surface area (Å²) in [4.78, 5) is 21.6. The lowest BCUT2D eigenvalue weighted by Crippen LogP contribution is -2.31. The molecule has 1 amide bonds. The third-order valence-corrected chi connectivity index (χ3v) is 3.86. The van der Waals surface area contributed by atoms with Gasteiger partial charge in [-0.3, -0.25) is 14.9 Å². The summed E-state index contributed by atoms with van der Waals surface area (Å²) in [5, 5.41) is 13.1. The molecule has 1 aliphatic carbocycles. The second-order valence-electron chi connectivity index (χ2n) is 5.45. The van der Waals surface area contributed by atoms with Crippen molar-refractivity contribution in [1.82, 2.24) is 5.32 Å². The summed E-state index contributed by atoms with van der Waals surface area (Å²) in [5.41, 5.74) is -1.77. The van der Waals surface area contributed by atoms with Crippen LogP contribution in [-0.2, 0) is 0 Å². The number of amides is 1. The summed E-state index contributed by atoms with van der Waals surface area (Å²) in [6, 6.07) is 1.44. The van der Waals surface area contributed by atoms with Gasteiger partial charge in [0, 0.05) is 12.6 Å². The number of hydrogen-bond donors (Lipinski definition) is 1. The first kappa shape index (κ1) is 15.3. The maximum absolute atomic E-state index is 13.9. The molecule has 1 fully saturated rings. The smallest absolute Gasteiger partial charge is 0.305 e. The number of nitrogens with one attached hydrogen (secondary N) is 1. The van der Waals surface area contributed by atoms with Gasteiger partial charge in [-0.05, 0) is 30.7 Å². The lowest BCUT2D eigenvalue weighted by molar-refractivity contribution is -0.387. The highest BCUT2D eigenvalue weighted by atomic mass is 19.1. The van der Waals surface area contributed by atoms with Crippen LogP contribution in [0.25, 0.3) is 0 Å². The number of hydrogen-bond acceptors (Lipinski definition) is 3. The number of nitro benzene ring substituents is 1. The number of benzene rings is 1. The second kappa shape index (κ2) is 5.75. The van der Waals surface area contributed by atoms with Gasteiger partial charge in [0.25, 0.3) is 5.91 Å². The van der Waals surface area contributed by atoms with Crippen LogP contribution < -0.4 is 5.32 Å². The molecule has 1 aromatic carbocycles. The van der Waals surface area contributed by atoms with Crippen molar-refractivity contribution >= 4 is 11.6 Å². The largest absolute Gasteiger partial charge is 0.351 e. The molecule has 0 aliphatic heterocycles. The molecule has 0 heterocycles. The van der Waals surface area contributed by atoms with Crippen LogP contribution in [0.3, 0.4) is 0 Å². The summed E-state index contributed by atoms with van der Waals surface area (Å²) in [7, 11) is 0. The maximum Gasteiger partial charge on any atom is 0.305 e. The Bertz CT molecular complexity index is 586. The van der Waals surface area contributed by atoms with Gasteiger partial charge in [-0.1, -0.05) is 13.3 Å². The van der Waals surface area contributed by atoms with E-state index in [2.05, 4.69) is 5.32 Å². The molecule has 5 nitrogen and oxygen atoms in total. The van der Waals surface area contributed by atoms with Gasteiger partial charge < -0.3 is 5.32 Å². The Kier molecular flexibility index (Phi) is 4.20. The molecule has 0 spiro atoms. The molecule has 1 aromatic rings. The zero-order valence-corrected chi connectivity index (χ0v) is 11.6. The molecule has 2 rings (SSSR count). The van der Waals surface area contributed by atoms with Crippen molar-refractivity contribution in [2.45, 2.75) is 32.6 Å². The standard InChI is InChI=1S/C14H16F2N2O3/c1-2-5-14(6-7-14)8-17-13(19)11-9(15)3-4-10(12(11)16)18(20)21/h3-4H,2,5-8H2,1H3,(H,17,19). The summed E-state index contributed by atoms with van der Waals surface area (Å²) in [6.07, 6.45) is 3.85. The average molecular weight is 298 g/mol. The maximum atomic E-state index is 13.9. The molecular formula is C14H16F2N2O3. The lowest BCUT2D eigenvalue weighted by atomic mass is 10.0. The van der Waals surface area contributed by atoms with E-state index in [4.69, 9.17) is 0 Å². The minimum absolute atomic E-state index is 0.0259. The molecule has 1 N–H and O–H groups in total. The highest BCUT2D eigenvalue weighted by molar-refractivity contribution is 5.95. The first-order valence-electron chi connectivity index (χ1n) is 6.81. The van der Waals surface area contributed by atoms with Gasteiger partial charge in [0.1, 0.15) is 11.4 Å².